The van der Waals surface area contributed by atoms with E-state index in [-0.39, 0.29) is 31.1 Å². The van der Waals surface area contributed by atoms with Gasteiger partial charge in [-0.2, -0.15) is 0 Å². The molecule has 0 amide bonds. The lowest BCUT2D eigenvalue weighted by Crippen LogP contribution is -2.30. The zero-order valence-electron chi connectivity index (χ0n) is 53.8. The predicted molar refractivity (Wildman–Crippen MR) is 353 cm³/mol. The number of esters is 3. The SMILES string of the molecule is CC/C=C\C/C=C\C/C=C\C/C=C\C/C=C\CCCCCC(=O)OC(COC(=O)CCCCCCCCCCCCCCCCC)COC(=O)CCCCCCCCCCCCCCCCCCC/C=C\C/C=C\CCCCCCC. The van der Waals surface area contributed by atoms with Gasteiger partial charge in [-0.3, -0.25) is 14.4 Å². The highest BCUT2D eigenvalue weighted by atomic mass is 16.6. The van der Waals surface area contributed by atoms with E-state index in [1.807, 2.05) is 0 Å². The van der Waals surface area contributed by atoms with Gasteiger partial charge in [0.15, 0.2) is 6.10 Å². The van der Waals surface area contributed by atoms with Crippen molar-refractivity contribution in [1.82, 2.24) is 0 Å². The first-order valence-corrected chi connectivity index (χ1v) is 35.1. The van der Waals surface area contributed by atoms with Gasteiger partial charge in [0.1, 0.15) is 13.2 Å². The maximum atomic E-state index is 12.9. The fourth-order valence-electron chi connectivity index (χ4n) is 10.2. The van der Waals surface area contributed by atoms with Gasteiger partial charge < -0.3 is 14.2 Å². The van der Waals surface area contributed by atoms with Crippen molar-refractivity contribution in [1.29, 1.82) is 0 Å². The maximum absolute atomic E-state index is 12.9. The zero-order valence-corrected chi connectivity index (χ0v) is 53.8. The minimum absolute atomic E-state index is 0.0858. The van der Waals surface area contributed by atoms with E-state index in [2.05, 4.69) is 106 Å². The number of carbonyl (C=O) groups excluding carboxylic acids is 3. The third-order valence-corrected chi connectivity index (χ3v) is 15.4. The summed E-state index contributed by atoms with van der Waals surface area (Å²) in [7, 11) is 0. The number of hydrogen-bond donors (Lipinski definition) is 0. The van der Waals surface area contributed by atoms with E-state index < -0.39 is 6.10 Å². The Kier molecular flexibility index (Phi) is 66.2. The monoisotopic (exact) mass is 1130 g/mol. The van der Waals surface area contributed by atoms with Crippen molar-refractivity contribution in [3.8, 4) is 0 Å². The van der Waals surface area contributed by atoms with Crippen molar-refractivity contribution in [2.45, 2.75) is 361 Å². The number of carbonyl (C=O) groups is 3. The van der Waals surface area contributed by atoms with Gasteiger partial charge in [0.2, 0.25) is 0 Å². The predicted octanol–water partition coefficient (Wildman–Crippen LogP) is 24.2. The molecule has 1 atom stereocenters. The van der Waals surface area contributed by atoms with Crippen LogP contribution in [0.25, 0.3) is 0 Å². The molecule has 0 aromatic carbocycles. The minimum Gasteiger partial charge on any atom is -0.462 e. The zero-order chi connectivity index (χ0) is 58.5. The van der Waals surface area contributed by atoms with E-state index in [1.165, 1.54) is 212 Å². The molecule has 0 radical (unpaired) electrons. The van der Waals surface area contributed by atoms with Crippen LogP contribution in [-0.2, 0) is 28.6 Å². The average Bonchev–Trinajstić information content (AvgIpc) is 3.47. The Morgan fingerprint density at radius 1 is 0.259 bits per heavy atom. The van der Waals surface area contributed by atoms with Crippen molar-refractivity contribution >= 4 is 17.9 Å². The van der Waals surface area contributed by atoms with E-state index >= 15 is 0 Å². The van der Waals surface area contributed by atoms with Crippen LogP contribution in [0.3, 0.4) is 0 Å². The molecule has 0 saturated carbocycles. The molecule has 468 valence electrons. The van der Waals surface area contributed by atoms with E-state index in [0.29, 0.717) is 19.3 Å². The van der Waals surface area contributed by atoms with E-state index in [0.717, 1.165) is 103 Å². The van der Waals surface area contributed by atoms with Gasteiger partial charge in [-0.05, 0) is 96.3 Å². The number of allylic oxidation sites excluding steroid dienone is 14. The lowest BCUT2D eigenvalue weighted by molar-refractivity contribution is -0.167. The Morgan fingerprint density at radius 2 is 0.481 bits per heavy atom. The molecule has 6 nitrogen and oxygen atoms in total. The van der Waals surface area contributed by atoms with Crippen molar-refractivity contribution < 1.29 is 28.6 Å². The summed E-state index contributed by atoms with van der Waals surface area (Å²) >= 11 is 0. The summed E-state index contributed by atoms with van der Waals surface area (Å²) in [6.07, 6.45) is 91.8. The highest BCUT2D eigenvalue weighted by molar-refractivity contribution is 5.71. The Bertz CT molecular complexity index is 1530. The second-order valence-corrected chi connectivity index (χ2v) is 23.4. The van der Waals surface area contributed by atoms with Crippen molar-refractivity contribution in [3.05, 3.63) is 85.1 Å². The molecule has 0 rings (SSSR count). The van der Waals surface area contributed by atoms with Crippen molar-refractivity contribution in [2.24, 2.45) is 0 Å². The fourth-order valence-corrected chi connectivity index (χ4v) is 10.2. The first-order valence-electron chi connectivity index (χ1n) is 35.1. The number of unbranched alkanes of at least 4 members (excludes halogenated alkanes) is 39. The third kappa shape index (κ3) is 67.3. The summed E-state index contributed by atoms with van der Waals surface area (Å²) in [4.78, 5) is 38.4. The van der Waals surface area contributed by atoms with Gasteiger partial charge in [-0.25, -0.2) is 0 Å². The highest BCUT2D eigenvalue weighted by Crippen LogP contribution is 2.18. The molecule has 0 aromatic heterocycles. The molecule has 0 N–H and O–H groups in total. The second kappa shape index (κ2) is 69.1. The van der Waals surface area contributed by atoms with E-state index in [4.69, 9.17) is 14.2 Å². The molecule has 0 aliphatic heterocycles. The molecular formula is C75H132O6. The first kappa shape index (κ1) is 77.6. The molecular weight excluding hydrogens is 997 g/mol. The normalized spacial score (nSPS) is 12.6. The van der Waals surface area contributed by atoms with Gasteiger partial charge >= 0.3 is 17.9 Å². The minimum atomic E-state index is -0.793. The molecule has 6 heteroatoms. The fraction of sp³-hybridized carbons (Fsp3) is 0.773. The molecule has 0 heterocycles. The quantitative estimate of drug-likeness (QED) is 0.0261. The third-order valence-electron chi connectivity index (χ3n) is 15.4. The standard InChI is InChI=1S/C75H132O6/c1-4-7-10-13-16-19-22-25-28-30-32-33-34-35-36-37-38-39-40-41-43-44-47-50-53-56-59-62-65-68-74(77)80-71-72(70-79-73(76)67-64-61-58-55-52-49-46-27-24-21-18-15-12-9-6-3)81-75(78)69-66-63-60-57-54-51-48-45-42-31-29-26-23-20-17-14-11-8-5-2/h8,11,17,20,22,25-26,29-30,32,42,45,51,54,72H,4-7,9-10,12-16,18-19,21,23-24,27-28,31,33-41,43-44,46-50,52-53,55-71H2,1-3H3/b11-8-,20-17-,25-22-,29-26-,32-30-,45-42-,54-51-. The summed E-state index contributed by atoms with van der Waals surface area (Å²) < 4.78 is 17.0. The van der Waals surface area contributed by atoms with Gasteiger partial charge in [0.05, 0.1) is 0 Å². The largest absolute Gasteiger partial charge is 0.462 e. The number of ether oxygens (including phenoxy) is 3. The Balaban J connectivity index is 4.29. The smallest absolute Gasteiger partial charge is 0.306 e. The van der Waals surface area contributed by atoms with Crippen molar-refractivity contribution in [2.75, 3.05) is 13.2 Å². The Labute approximate surface area is 503 Å². The topological polar surface area (TPSA) is 78.9 Å². The summed E-state index contributed by atoms with van der Waals surface area (Å²) in [6, 6.07) is 0. The summed E-state index contributed by atoms with van der Waals surface area (Å²) in [6.45, 7) is 6.54. The maximum Gasteiger partial charge on any atom is 0.306 e. The van der Waals surface area contributed by atoms with Crippen LogP contribution < -0.4 is 0 Å². The first-order chi connectivity index (χ1) is 40.0. The molecule has 0 aliphatic rings. The van der Waals surface area contributed by atoms with Gasteiger partial charge in [-0.15, -0.1) is 0 Å². The number of rotatable bonds is 64. The van der Waals surface area contributed by atoms with E-state index in [9.17, 15) is 14.4 Å². The Morgan fingerprint density at radius 3 is 0.765 bits per heavy atom. The molecule has 1 unspecified atom stereocenters. The van der Waals surface area contributed by atoms with Crippen LogP contribution in [0.2, 0.25) is 0 Å². The van der Waals surface area contributed by atoms with Crippen LogP contribution in [-0.4, -0.2) is 37.2 Å². The summed E-state index contributed by atoms with van der Waals surface area (Å²) in [5.41, 5.74) is 0. The molecule has 0 aliphatic carbocycles. The highest BCUT2D eigenvalue weighted by Gasteiger charge is 2.19. The summed E-state index contributed by atoms with van der Waals surface area (Å²) in [5.74, 6) is -0.899. The molecule has 81 heavy (non-hydrogen) atoms. The lowest BCUT2D eigenvalue weighted by Gasteiger charge is -2.18. The van der Waals surface area contributed by atoms with Crippen LogP contribution >= 0.6 is 0 Å². The van der Waals surface area contributed by atoms with Crippen LogP contribution in [0, 0.1) is 0 Å². The van der Waals surface area contributed by atoms with Crippen LogP contribution in [0.15, 0.2) is 85.1 Å². The summed E-state index contributed by atoms with van der Waals surface area (Å²) in [5, 5.41) is 0. The van der Waals surface area contributed by atoms with Crippen LogP contribution in [0.1, 0.15) is 355 Å². The molecule has 0 bridgehead atoms. The Hall–Kier alpha value is -3.41. The molecule has 0 fully saturated rings. The molecule has 0 aromatic rings. The molecule has 0 saturated heterocycles. The molecule has 0 spiro atoms. The number of hydrogen-bond acceptors (Lipinski definition) is 6. The average molecular weight is 1130 g/mol. The van der Waals surface area contributed by atoms with Crippen LogP contribution in [0.4, 0.5) is 0 Å². The van der Waals surface area contributed by atoms with Gasteiger partial charge in [0, 0.05) is 19.3 Å². The van der Waals surface area contributed by atoms with E-state index in [1.54, 1.807) is 0 Å². The lowest BCUT2D eigenvalue weighted by atomic mass is 10.0. The van der Waals surface area contributed by atoms with Crippen LogP contribution in [0.5, 0.6) is 0 Å². The van der Waals surface area contributed by atoms with Gasteiger partial charge in [0.25, 0.3) is 0 Å². The second-order valence-electron chi connectivity index (χ2n) is 23.4. The van der Waals surface area contributed by atoms with Crippen molar-refractivity contribution in [3.63, 3.8) is 0 Å². The van der Waals surface area contributed by atoms with Gasteiger partial charge in [-0.1, -0.05) is 324 Å².